The summed E-state index contributed by atoms with van der Waals surface area (Å²) in [6.07, 6.45) is -1.52. The van der Waals surface area contributed by atoms with Crippen LogP contribution in [0.3, 0.4) is 0 Å². The zero-order chi connectivity index (χ0) is 33.4. The topological polar surface area (TPSA) is 289 Å². The van der Waals surface area contributed by atoms with Crippen LogP contribution in [0.15, 0.2) is 0 Å². The summed E-state index contributed by atoms with van der Waals surface area (Å²) >= 11 is 8.03. The van der Waals surface area contributed by atoms with E-state index in [4.69, 9.17) is 16.6 Å². The first-order valence-corrected chi connectivity index (χ1v) is 14.4. The number of hydrogen-bond acceptors (Lipinski definition) is 11. The van der Waals surface area contributed by atoms with Crippen LogP contribution >= 0.6 is 25.3 Å². The van der Waals surface area contributed by atoms with Gasteiger partial charge in [-0.3, -0.25) is 33.6 Å². The van der Waals surface area contributed by atoms with Crippen molar-refractivity contribution in [2.75, 3.05) is 11.5 Å². The molecule has 0 spiro atoms. The van der Waals surface area contributed by atoms with Crippen molar-refractivity contribution < 1.29 is 48.6 Å². The van der Waals surface area contributed by atoms with E-state index in [0.29, 0.717) is 0 Å². The number of nitrogens with one attached hydrogen (secondary N) is 5. The molecule has 43 heavy (non-hydrogen) atoms. The fourth-order valence-electron chi connectivity index (χ4n) is 3.26. The lowest BCUT2D eigenvalue weighted by atomic mass is 10.0. The van der Waals surface area contributed by atoms with Crippen LogP contribution < -0.4 is 38.1 Å². The Morgan fingerprint density at radius 3 is 1.44 bits per heavy atom. The van der Waals surface area contributed by atoms with Crippen molar-refractivity contribution in [3.63, 3.8) is 0 Å². The molecule has 0 aliphatic carbocycles. The maximum atomic E-state index is 13.0. The normalized spacial score (nSPS) is 15.0. The molecule has 0 heterocycles. The number of amides is 6. The van der Waals surface area contributed by atoms with Crippen molar-refractivity contribution in [3.8, 4) is 0 Å². The number of carbonyl (C=O) groups is 8. The molecule has 0 saturated heterocycles. The van der Waals surface area contributed by atoms with Crippen molar-refractivity contribution in [2.24, 2.45) is 17.4 Å². The summed E-state index contributed by atoms with van der Waals surface area (Å²) in [6, 6.07) is -7.72. The largest absolute Gasteiger partial charge is 0.481 e. The molecule has 0 aromatic heterocycles. The van der Waals surface area contributed by atoms with E-state index in [1.807, 2.05) is 0 Å². The monoisotopic (exact) mass is 651 g/mol. The molecule has 6 atom stereocenters. The van der Waals surface area contributed by atoms with Gasteiger partial charge in [-0.15, -0.1) is 0 Å². The van der Waals surface area contributed by atoms with E-state index in [0.717, 1.165) is 0 Å². The Morgan fingerprint density at radius 2 is 1.05 bits per heavy atom. The summed E-state index contributed by atoms with van der Waals surface area (Å²) in [4.78, 5) is 96.9. The lowest BCUT2D eigenvalue weighted by Gasteiger charge is -2.25. The number of nitrogens with two attached hydrogens (primary N) is 2. The average molecular weight is 652 g/mol. The van der Waals surface area contributed by atoms with Gasteiger partial charge in [-0.05, 0) is 25.7 Å². The summed E-state index contributed by atoms with van der Waals surface area (Å²) < 4.78 is 0. The molecule has 0 aliphatic rings. The third-order valence-electron chi connectivity index (χ3n) is 5.98. The number of thiol groups is 2. The van der Waals surface area contributed by atoms with Gasteiger partial charge in [0.15, 0.2) is 0 Å². The van der Waals surface area contributed by atoms with Crippen molar-refractivity contribution in [1.82, 2.24) is 26.6 Å². The lowest BCUT2D eigenvalue weighted by Crippen LogP contribution is -2.59. The number of rotatable bonds is 20. The van der Waals surface area contributed by atoms with Crippen molar-refractivity contribution in [2.45, 2.75) is 82.7 Å². The highest BCUT2D eigenvalue weighted by molar-refractivity contribution is 7.80. The van der Waals surface area contributed by atoms with Gasteiger partial charge in [0.05, 0.1) is 6.04 Å². The minimum absolute atomic E-state index is 0.220. The molecule has 0 aromatic rings. The predicted octanol–water partition coefficient (Wildman–Crippen LogP) is -3.51. The molecule has 0 rings (SSSR count). The summed E-state index contributed by atoms with van der Waals surface area (Å²) in [5.41, 5.74) is 10.8. The SMILES string of the molecule is CC(C)[C@H](N)C(=O)N[C@@H](C)C(=O)N[C@@H](CCC(=O)O)C(=O)N[C@@H](CS)C(=O)N[C@@H](CS)C(=O)N[C@@H](CCC(N)=O)C(=O)O. The number of hydrogen-bond donors (Lipinski definition) is 11. The number of carbonyl (C=O) groups excluding carboxylic acids is 6. The number of primary amides is 1. The van der Waals surface area contributed by atoms with Gasteiger partial charge in [0.1, 0.15) is 30.2 Å². The van der Waals surface area contributed by atoms with E-state index >= 15 is 0 Å². The Morgan fingerprint density at radius 1 is 0.628 bits per heavy atom. The Balaban J connectivity index is 5.52. The number of carboxylic acid groups (broad SMARTS) is 2. The van der Waals surface area contributed by atoms with Crippen molar-refractivity contribution >= 4 is 72.6 Å². The second kappa shape index (κ2) is 19.6. The van der Waals surface area contributed by atoms with Crippen LogP contribution in [0.5, 0.6) is 0 Å². The molecule has 11 N–H and O–H groups in total. The minimum atomic E-state index is -1.48. The first kappa shape index (κ1) is 39.4. The van der Waals surface area contributed by atoms with Crippen molar-refractivity contribution in [1.29, 1.82) is 0 Å². The van der Waals surface area contributed by atoms with Gasteiger partial charge in [0, 0.05) is 24.3 Å². The summed E-state index contributed by atoms with van der Waals surface area (Å²) in [6.45, 7) is 4.75. The number of aliphatic carboxylic acids is 2. The highest BCUT2D eigenvalue weighted by atomic mass is 32.1. The van der Waals surface area contributed by atoms with Crippen LogP contribution in [0.1, 0.15) is 46.5 Å². The van der Waals surface area contributed by atoms with Gasteiger partial charge in [-0.1, -0.05) is 13.8 Å². The van der Waals surface area contributed by atoms with E-state index in [1.54, 1.807) is 13.8 Å². The molecule has 0 aromatic carbocycles. The van der Waals surface area contributed by atoms with Crippen LogP contribution in [-0.4, -0.2) is 105 Å². The molecule has 6 amide bonds. The first-order valence-electron chi connectivity index (χ1n) is 13.2. The molecule has 0 bridgehead atoms. The molecule has 0 radical (unpaired) electrons. The Hall–Kier alpha value is -3.58. The van der Waals surface area contributed by atoms with Gasteiger partial charge < -0.3 is 48.3 Å². The molecule has 17 nitrogen and oxygen atoms in total. The zero-order valence-corrected chi connectivity index (χ0v) is 25.8. The molecule has 19 heteroatoms. The van der Waals surface area contributed by atoms with Crippen LogP contribution in [-0.2, 0) is 38.4 Å². The van der Waals surface area contributed by atoms with Crippen LogP contribution in [0.25, 0.3) is 0 Å². The van der Waals surface area contributed by atoms with E-state index in [9.17, 15) is 43.5 Å². The van der Waals surface area contributed by atoms with Crippen molar-refractivity contribution in [3.05, 3.63) is 0 Å². The van der Waals surface area contributed by atoms with Crippen LogP contribution in [0.4, 0.5) is 0 Å². The zero-order valence-electron chi connectivity index (χ0n) is 24.0. The first-order chi connectivity index (χ1) is 19.9. The third-order valence-corrected chi connectivity index (χ3v) is 6.71. The quantitative estimate of drug-likeness (QED) is 0.0574. The van der Waals surface area contributed by atoms with E-state index in [-0.39, 0.29) is 36.7 Å². The van der Waals surface area contributed by atoms with Crippen LogP contribution in [0, 0.1) is 5.92 Å². The fourth-order valence-corrected chi connectivity index (χ4v) is 3.77. The molecule has 0 unspecified atom stereocenters. The average Bonchev–Trinajstić information content (AvgIpc) is 2.92. The summed E-state index contributed by atoms with van der Waals surface area (Å²) in [7, 11) is 0. The maximum absolute atomic E-state index is 13.0. The van der Waals surface area contributed by atoms with Gasteiger partial charge >= 0.3 is 11.9 Å². The Kier molecular flexibility index (Phi) is 17.9. The van der Waals surface area contributed by atoms with E-state index in [1.165, 1.54) is 6.92 Å². The Bertz CT molecular complexity index is 1050. The van der Waals surface area contributed by atoms with Gasteiger partial charge in [0.25, 0.3) is 0 Å². The van der Waals surface area contributed by atoms with Gasteiger partial charge in [-0.25, -0.2) is 4.79 Å². The predicted molar refractivity (Wildman–Crippen MR) is 159 cm³/mol. The third kappa shape index (κ3) is 14.9. The number of carboxylic acids is 2. The minimum Gasteiger partial charge on any atom is -0.481 e. The molecule has 0 fully saturated rings. The molecule has 244 valence electrons. The highest BCUT2D eigenvalue weighted by Gasteiger charge is 2.31. The lowest BCUT2D eigenvalue weighted by molar-refractivity contribution is -0.142. The second-order valence-corrected chi connectivity index (χ2v) is 10.6. The fraction of sp³-hybridized carbons (Fsp3) is 0.667. The molecule has 0 saturated carbocycles. The highest BCUT2D eigenvalue weighted by Crippen LogP contribution is 2.04. The van der Waals surface area contributed by atoms with Gasteiger partial charge in [-0.2, -0.15) is 25.3 Å². The second-order valence-electron chi connectivity index (χ2n) is 9.89. The van der Waals surface area contributed by atoms with E-state index < -0.39 is 90.1 Å². The molecule has 0 aliphatic heterocycles. The standard InChI is InChI=1S/C24H41N7O10S2/c1-10(2)18(26)23(39)27-11(3)19(35)28-12(5-7-17(33)34)20(36)30-15(9-43)22(38)31-14(8-42)21(37)29-13(24(40)41)4-6-16(25)32/h10-15,18,42-43H,4-9,26H2,1-3H3,(H2,25,32)(H,27,39)(H,28,35)(H,29,37)(H,30,36)(H,31,38)(H,33,34)(H,40,41)/t11-,12-,13-,14-,15-,18-/m0/s1. The summed E-state index contributed by atoms with van der Waals surface area (Å²) in [5, 5.41) is 29.9. The van der Waals surface area contributed by atoms with Gasteiger partial charge in [0.2, 0.25) is 35.4 Å². The molecular formula is C24H41N7O10S2. The maximum Gasteiger partial charge on any atom is 0.326 e. The van der Waals surface area contributed by atoms with Crippen LogP contribution in [0.2, 0.25) is 0 Å². The van der Waals surface area contributed by atoms with E-state index in [2.05, 4.69) is 51.8 Å². The molecular weight excluding hydrogens is 610 g/mol. The smallest absolute Gasteiger partial charge is 0.326 e. The summed E-state index contributed by atoms with van der Waals surface area (Å²) in [5.74, 6) is -8.53. The Labute approximate surface area is 259 Å².